The molecule has 30 heavy (non-hydrogen) atoms. The highest BCUT2D eigenvalue weighted by Gasteiger charge is 2.35. The fraction of sp³-hybridized carbons (Fsp3) is 0.333. The lowest BCUT2D eigenvalue weighted by molar-refractivity contribution is 0.0656. The number of carbonyl (C=O) groups is 1. The van der Waals surface area contributed by atoms with Crippen LogP contribution in [0.15, 0.2) is 30.7 Å². The molecule has 2 aliphatic rings. The van der Waals surface area contributed by atoms with Crippen molar-refractivity contribution in [3.05, 3.63) is 48.1 Å². The number of fused-ring (bicyclic) bond motifs is 4. The summed E-state index contributed by atoms with van der Waals surface area (Å²) in [6.45, 7) is 1.59. The third-order valence-electron chi connectivity index (χ3n) is 6.33. The predicted octanol–water partition coefficient (Wildman–Crippen LogP) is 3.42. The van der Waals surface area contributed by atoms with Crippen LogP contribution in [0.1, 0.15) is 29.8 Å². The van der Waals surface area contributed by atoms with E-state index in [1.165, 1.54) is 29.9 Å². The zero-order chi connectivity index (χ0) is 20.4. The number of amides is 1. The number of H-pyrrole nitrogens is 1. The summed E-state index contributed by atoms with van der Waals surface area (Å²) in [6.07, 6.45) is 7.81. The van der Waals surface area contributed by atoms with Crippen LogP contribution in [0.4, 0.5) is 8.78 Å². The van der Waals surface area contributed by atoms with Crippen molar-refractivity contribution in [3.63, 3.8) is 0 Å². The molecule has 5 heterocycles. The first-order chi connectivity index (χ1) is 14.6. The van der Waals surface area contributed by atoms with Gasteiger partial charge in [0.15, 0.2) is 11.5 Å². The summed E-state index contributed by atoms with van der Waals surface area (Å²) in [5.41, 5.74) is 1.92. The topological polar surface area (TPSA) is 79.2 Å². The third kappa shape index (κ3) is 2.61. The van der Waals surface area contributed by atoms with E-state index in [4.69, 9.17) is 0 Å². The molecule has 1 aliphatic carbocycles. The van der Waals surface area contributed by atoms with Crippen molar-refractivity contribution in [2.75, 3.05) is 13.1 Å². The first-order valence-electron chi connectivity index (χ1n) is 10.0. The SMILES string of the molecule is O=C(c1cc2[nH]nc(-c3cnc4c(F)cc(F)cn34)c2cn1)N1CC2CCC(C2)C1. The number of pyridine rings is 2. The second-order valence-electron chi connectivity index (χ2n) is 8.29. The Balaban J connectivity index is 1.38. The van der Waals surface area contributed by atoms with Crippen molar-refractivity contribution in [1.82, 2.24) is 29.5 Å². The number of nitrogens with zero attached hydrogens (tertiary/aromatic N) is 5. The van der Waals surface area contributed by atoms with Crippen LogP contribution in [0.2, 0.25) is 0 Å². The monoisotopic (exact) mass is 408 g/mol. The fourth-order valence-corrected chi connectivity index (χ4v) is 4.95. The van der Waals surface area contributed by atoms with Crippen LogP contribution in [-0.4, -0.2) is 48.5 Å². The highest BCUT2D eigenvalue weighted by molar-refractivity contribution is 5.98. The molecular formula is C21H18F2N6O. The average molecular weight is 408 g/mol. The molecule has 2 bridgehead atoms. The molecule has 2 fully saturated rings. The summed E-state index contributed by atoms with van der Waals surface area (Å²) in [4.78, 5) is 23.3. The van der Waals surface area contributed by atoms with Gasteiger partial charge in [-0.2, -0.15) is 5.10 Å². The molecular weight excluding hydrogens is 390 g/mol. The Kier molecular flexibility index (Phi) is 3.68. The number of aromatic nitrogens is 5. The van der Waals surface area contributed by atoms with Crippen molar-refractivity contribution < 1.29 is 13.6 Å². The van der Waals surface area contributed by atoms with Crippen molar-refractivity contribution in [2.45, 2.75) is 19.3 Å². The number of hydrogen-bond acceptors (Lipinski definition) is 4. The van der Waals surface area contributed by atoms with Gasteiger partial charge in [-0.3, -0.25) is 19.3 Å². The van der Waals surface area contributed by atoms with E-state index in [1.54, 1.807) is 12.3 Å². The quantitative estimate of drug-likeness (QED) is 0.551. The summed E-state index contributed by atoms with van der Waals surface area (Å²) in [7, 11) is 0. The molecule has 1 saturated heterocycles. The van der Waals surface area contributed by atoms with E-state index in [-0.39, 0.29) is 11.6 Å². The third-order valence-corrected chi connectivity index (χ3v) is 6.33. The van der Waals surface area contributed by atoms with Gasteiger partial charge in [-0.25, -0.2) is 13.8 Å². The number of carbonyl (C=O) groups excluding carboxylic acids is 1. The van der Waals surface area contributed by atoms with E-state index < -0.39 is 11.6 Å². The van der Waals surface area contributed by atoms with Crippen LogP contribution in [-0.2, 0) is 0 Å². The van der Waals surface area contributed by atoms with Crippen LogP contribution in [0, 0.1) is 23.5 Å². The Bertz CT molecular complexity index is 1300. The smallest absolute Gasteiger partial charge is 0.272 e. The summed E-state index contributed by atoms with van der Waals surface area (Å²) in [5, 5.41) is 7.86. The Morgan fingerprint density at radius 1 is 1.10 bits per heavy atom. The van der Waals surface area contributed by atoms with Gasteiger partial charge in [0.1, 0.15) is 17.2 Å². The highest BCUT2D eigenvalue weighted by atomic mass is 19.1. The zero-order valence-corrected chi connectivity index (χ0v) is 16.0. The number of likely N-dealkylation sites (tertiary alicyclic amines) is 1. The molecule has 2 unspecified atom stereocenters. The molecule has 1 N–H and O–H groups in total. The molecule has 1 amide bonds. The maximum atomic E-state index is 14.0. The van der Waals surface area contributed by atoms with Crippen molar-refractivity contribution in [3.8, 4) is 11.4 Å². The Hall–Kier alpha value is -3.36. The van der Waals surface area contributed by atoms with Crippen LogP contribution in [0.5, 0.6) is 0 Å². The number of piperidine rings is 1. The molecule has 6 rings (SSSR count). The molecule has 1 aliphatic heterocycles. The maximum absolute atomic E-state index is 14.0. The molecule has 152 valence electrons. The normalized spacial score (nSPS) is 21.1. The molecule has 4 aromatic heterocycles. The van der Waals surface area contributed by atoms with Gasteiger partial charge in [0.2, 0.25) is 0 Å². The first kappa shape index (κ1) is 17.5. The van der Waals surface area contributed by atoms with Gasteiger partial charge >= 0.3 is 0 Å². The molecule has 2 atom stereocenters. The standard InChI is InChI=1S/C21H18F2N6O/c22-13-4-15(23)20-25-7-18(29(20)10-13)19-14-6-24-17(5-16(14)26-27-19)21(30)28-8-11-1-2-12(3-11)9-28/h4-7,10-12H,1-3,8-9H2,(H,26,27). The second kappa shape index (κ2) is 6.32. The molecule has 0 spiro atoms. The lowest BCUT2D eigenvalue weighted by Gasteiger charge is -2.31. The van der Waals surface area contributed by atoms with Crippen molar-refractivity contribution in [1.29, 1.82) is 0 Å². The van der Waals surface area contributed by atoms with E-state index in [0.29, 0.717) is 39.8 Å². The summed E-state index contributed by atoms with van der Waals surface area (Å²) in [6, 6.07) is 2.48. The summed E-state index contributed by atoms with van der Waals surface area (Å²) in [5.74, 6) is -0.316. The molecule has 9 heteroatoms. The Morgan fingerprint density at radius 2 is 1.90 bits per heavy atom. The van der Waals surface area contributed by atoms with Gasteiger partial charge in [-0.1, -0.05) is 0 Å². The van der Waals surface area contributed by atoms with Crippen molar-refractivity contribution >= 4 is 22.5 Å². The predicted molar refractivity (Wildman–Crippen MR) is 105 cm³/mol. The first-order valence-corrected chi connectivity index (χ1v) is 10.0. The molecule has 1 saturated carbocycles. The van der Waals surface area contributed by atoms with E-state index in [1.807, 2.05) is 4.90 Å². The van der Waals surface area contributed by atoms with E-state index >= 15 is 0 Å². The molecule has 0 radical (unpaired) electrons. The fourth-order valence-electron chi connectivity index (χ4n) is 4.95. The number of imidazole rings is 1. The number of aromatic amines is 1. The van der Waals surface area contributed by atoms with Gasteiger partial charge in [0.25, 0.3) is 5.91 Å². The van der Waals surface area contributed by atoms with Gasteiger partial charge in [-0.15, -0.1) is 0 Å². The van der Waals surface area contributed by atoms with E-state index in [2.05, 4.69) is 20.2 Å². The number of nitrogens with one attached hydrogen (secondary N) is 1. The van der Waals surface area contributed by atoms with E-state index in [0.717, 1.165) is 25.4 Å². The van der Waals surface area contributed by atoms with Gasteiger partial charge in [-0.05, 0) is 37.2 Å². The lowest BCUT2D eigenvalue weighted by atomic mass is 9.98. The number of rotatable bonds is 2. The minimum Gasteiger partial charge on any atom is -0.337 e. The molecule has 0 aromatic carbocycles. The molecule has 7 nitrogen and oxygen atoms in total. The molecule has 4 aromatic rings. The zero-order valence-electron chi connectivity index (χ0n) is 16.0. The largest absolute Gasteiger partial charge is 0.337 e. The van der Waals surface area contributed by atoms with Crippen LogP contribution in [0.3, 0.4) is 0 Å². The lowest BCUT2D eigenvalue weighted by Crippen LogP contribution is -2.41. The van der Waals surface area contributed by atoms with E-state index in [9.17, 15) is 13.6 Å². The van der Waals surface area contributed by atoms with Gasteiger partial charge in [0.05, 0.1) is 17.4 Å². The van der Waals surface area contributed by atoms with Crippen molar-refractivity contribution in [2.24, 2.45) is 11.8 Å². The summed E-state index contributed by atoms with van der Waals surface area (Å²) < 4.78 is 29.0. The minimum atomic E-state index is -0.748. The van der Waals surface area contributed by atoms with Crippen LogP contribution >= 0.6 is 0 Å². The van der Waals surface area contributed by atoms with Crippen LogP contribution < -0.4 is 0 Å². The van der Waals surface area contributed by atoms with Gasteiger partial charge in [0, 0.05) is 36.9 Å². The Labute approximate surface area is 169 Å². The Morgan fingerprint density at radius 3 is 2.70 bits per heavy atom. The number of halogens is 2. The average Bonchev–Trinajstić information content (AvgIpc) is 3.43. The minimum absolute atomic E-state index is 0.0158. The highest BCUT2D eigenvalue weighted by Crippen LogP contribution is 2.37. The maximum Gasteiger partial charge on any atom is 0.272 e. The summed E-state index contributed by atoms with van der Waals surface area (Å²) >= 11 is 0. The van der Waals surface area contributed by atoms with Gasteiger partial charge < -0.3 is 4.90 Å². The number of hydrogen-bond donors (Lipinski definition) is 1. The second-order valence-corrected chi connectivity index (χ2v) is 8.29. The van der Waals surface area contributed by atoms with Crippen LogP contribution in [0.25, 0.3) is 27.9 Å².